The molecule has 1 aromatic rings. The second kappa shape index (κ2) is 7.09. The Balaban J connectivity index is 1.96. The molecule has 2 N–H and O–H groups in total. The maximum absolute atomic E-state index is 11.1. The van der Waals surface area contributed by atoms with E-state index < -0.39 is 0 Å². The van der Waals surface area contributed by atoms with E-state index in [1.165, 1.54) is 11.3 Å². The van der Waals surface area contributed by atoms with Gasteiger partial charge in [0.2, 0.25) is 5.91 Å². The Morgan fingerprint density at radius 1 is 1.40 bits per heavy atom. The van der Waals surface area contributed by atoms with E-state index in [-0.39, 0.29) is 5.91 Å². The molecule has 1 aliphatic heterocycles. The topological polar surface area (TPSA) is 44.4 Å². The molecule has 0 spiro atoms. The van der Waals surface area contributed by atoms with Crippen LogP contribution in [0.15, 0.2) is 22.7 Å². The zero-order valence-corrected chi connectivity index (χ0v) is 13.7. The molecule has 0 aromatic heterocycles. The zero-order chi connectivity index (χ0) is 14.5. The Bertz CT molecular complexity index is 470. The molecule has 1 amide bonds. The number of hydrogen-bond donors (Lipinski definition) is 2. The number of carbonyl (C=O) groups excluding carboxylic acids is 1. The van der Waals surface area contributed by atoms with Gasteiger partial charge in [0.1, 0.15) is 0 Å². The quantitative estimate of drug-likeness (QED) is 0.884. The molecule has 0 aliphatic carbocycles. The lowest BCUT2D eigenvalue weighted by Crippen LogP contribution is -2.44. The van der Waals surface area contributed by atoms with Crippen LogP contribution in [0.2, 0.25) is 0 Å². The summed E-state index contributed by atoms with van der Waals surface area (Å²) in [6.07, 6.45) is 2.02. The molecule has 1 aromatic carbocycles. The molecule has 5 heteroatoms. The highest BCUT2D eigenvalue weighted by Crippen LogP contribution is 2.26. The van der Waals surface area contributed by atoms with Crippen molar-refractivity contribution in [3.8, 4) is 0 Å². The number of halogens is 1. The summed E-state index contributed by atoms with van der Waals surface area (Å²) in [7, 11) is 1.95. The van der Waals surface area contributed by atoms with Gasteiger partial charge in [-0.25, -0.2) is 0 Å². The molecule has 0 saturated carbocycles. The fourth-order valence-corrected chi connectivity index (χ4v) is 3.14. The largest absolute Gasteiger partial charge is 0.371 e. The fourth-order valence-electron chi connectivity index (χ4n) is 2.64. The van der Waals surface area contributed by atoms with Gasteiger partial charge in [-0.05, 0) is 37.6 Å². The Labute approximate surface area is 129 Å². The van der Waals surface area contributed by atoms with Crippen molar-refractivity contribution in [3.05, 3.63) is 28.2 Å². The van der Waals surface area contributed by atoms with E-state index in [2.05, 4.69) is 49.7 Å². The molecule has 1 heterocycles. The van der Waals surface area contributed by atoms with Gasteiger partial charge in [0, 0.05) is 42.8 Å². The molecule has 0 atom stereocenters. The van der Waals surface area contributed by atoms with Gasteiger partial charge in [-0.15, -0.1) is 0 Å². The van der Waals surface area contributed by atoms with Crippen LogP contribution >= 0.6 is 15.9 Å². The zero-order valence-electron chi connectivity index (χ0n) is 12.1. The molecule has 1 fully saturated rings. The van der Waals surface area contributed by atoms with E-state index in [4.69, 9.17) is 0 Å². The third kappa shape index (κ3) is 3.96. The van der Waals surface area contributed by atoms with Crippen LogP contribution in [-0.4, -0.2) is 32.1 Å². The summed E-state index contributed by atoms with van der Waals surface area (Å²) >= 11 is 3.64. The van der Waals surface area contributed by atoms with Crippen molar-refractivity contribution in [2.75, 3.05) is 25.0 Å². The first-order valence-electron chi connectivity index (χ1n) is 7.05. The van der Waals surface area contributed by atoms with Crippen LogP contribution in [0.25, 0.3) is 0 Å². The minimum absolute atomic E-state index is 0.0719. The predicted molar refractivity (Wildman–Crippen MR) is 86.0 cm³/mol. The number of piperidine rings is 1. The van der Waals surface area contributed by atoms with Gasteiger partial charge in [-0.1, -0.05) is 22.0 Å². The lowest BCUT2D eigenvalue weighted by Gasteiger charge is -2.34. The van der Waals surface area contributed by atoms with Crippen molar-refractivity contribution in [1.82, 2.24) is 10.6 Å². The number of amides is 1. The van der Waals surface area contributed by atoms with Crippen molar-refractivity contribution in [3.63, 3.8) is 0 Å². The minimum atomic E-state index is 0.0719. The lowest BCUT2D eigenvalue weighted by atomic mass is 10.0. The SMILES string of the molecule is CNCc1ccc(N2CCC(NC(C)=O)CC2)cc1Br. The van der Waals surface area contributed by atoms with E-state index in [0.717, 1.165) is 36.9 Å². The van der Waals surface area contributed by atoms with Crippen molar-refractivity contribution < 1.29 is 4.79 Å². The highest BCUT2D eigenvalue weighted by atomic mass is 79.9. The summed E-state index contributed by atoms with van der Waals surface area (Å²) in [6, 6.07) is 6.85. The van der Waals surface area contributed by atoms with Crippen LogP contribution in [-0.2, 0) is 11.3 Å². The van der Waals surface area contributed by atoms with Gasteiger partial charge in [0.25, 0.3) is 0 Å². The second-order valence-electron chi connectivity index (χ2n) is 5.27. The van der Waals surface area contributed by atoms with E-state index >= 15 is 0 Å². The molecule has 1 saturated heterocycles. The van der Waals surface area contributed by atoms with Crippen molar-refractivity contribution >= 4 is 27.5 Å². The van der Waals surface area contributed by atoms with Crippen LogP contribution in [0.5, 0.6) is 0 Å². The maximum Gasteiger partial charge on any atom is 0.217 e. The van der Waals surface area contributed by atoms with E-state index in [9.17, 15) is 4.79 Å². The van der Waals surface area contributed by atoms with Crippen LogP contribution < -0.4 is 15.5 Å². The van der Waals surface area contributed by atoms with Gasteiger partial charge >= 0.3 is 0 Å². The molecule has 20 heavy (non-hydrogen) atoms. The Morgan fingerprint density at radius 2 is 2.10 bits per heavy atom. The summed E-state index contributed by atoms with van der Waals surface area (Å²) in [4.78, 5) is 13.5. The number of anilines is 1. The normalized spacial score (nSPS) is 16.2. The summed E-state index contributed by atoms with van der Waals surface area (Å²) < 4.78 is 1.15. The molecule has 0 bridgehead atoms. The molecule has 1 aliphatic rings. The van der Waals surface area contributed by atoms with Crippen molar-refractivity contribution in [1.29, 1.82) is 0 Å². The number of hydrogen-bond acceptors (Lipinski definition) is 3. The summed E-state index contributed by atoms with van der Waals surface area (Å²) in [5, 5.41) is 6.17. The molecular weight excluding hydrogens is 318 g/mol. The van der Waals surface area contributed by atoms with Crippen LogP contribution in [0, 0.1) is 0 Å². The van der Waals surface area contributed by atoms with Gasteiger partial charge < -0.3 is 15.5 Å². The molecule has 0 radical (unpaired) electrons. The predicted octanol–water partition coefficient (Wildman–Crippen LogP) is 2.27. The van der Waals surface area contributed by atoms with Crippen molar-refractivity contribution in [2.45, 2.75) is 32.4 Å². The highest BCUT2D eigenvalue weighted by Gasteiger charge is 2.20. The molecular formula is C15H22BrN3O. The lowest BCUT2D eigenvalue weighted by molar-refractivity contribution is -0.119. The Morgan fingerprint density at radius 3 is 2.65 bits per heavy atom. The summed E-state index contributed by atoms with van der Waals surface area (Å²) in [5.41, 5.74) is 2.52. The van der Waals surface area contributed by atoms with Crippen LogP contribution in [0.1, 0.15) is 25.3 Å². The van der Waals surface area contributed by atoms with Gasteiger partial charge in [0.05, 0.1) is 0 Å². The Hall–Kier alpha value is -1.07. The number of nitrogens with one attached hydrogen (secondary N) is 2. The highest BCUT2D eigenvalue weighted by molar-refractivity contribution is 9.10. The first-order chi connectivity index (χ1) is 9.60. The van der Waals surface area contributed by atoms with Gasteiger partial charge in [0.15, 0.2) is 0 Å². The van der Waals surface area contributed by atoms with E-state index in [0.29, 0.717) is 6.04 Å². The van der Waals surface area contributed by atoms with Gasteiger partial charge in [-0.3, -0.25) is 4.79 Å². The number of benzene rings is 1. The second-order valence-corrected chi connectivity index (χ2v) is 6.12. The maximum atomic E-state index is 11.1. The summed E-state index contributed by atoms with van der Waals surface area (Å²) in [5.74, 6) is 0.0719. The smallest absolute Gasteiger partial charge is 0.217 e. The fraction of sp³-hybridized carbons (Fsp3) is 0.533. The van der Waals surface area contributed by atoms with E-state index in [1.807, 2.05) is 7.05 Å². The molecule has 110 valence electrons. The third-order valence-electron chi connectivity index (χ3n) is 3.67. The third-order valence-corrected chi connectivity index (χ3v) is 4.41. The van der Waals surface area contributed by atoms with Crippen molar-refractivity contribution in [2.24, 2.45) is 0 Å². The minimum Gasteiger partial charge on any atom is -0.371 e. The number of carbonyl (C=O) groups is 1. The average Bonchev–Trinajstić information content (AvgIpc) is 2.41. The molecule has 0 unspecified atom stereocenters. The summed E-state index contributed by atoms with van der Waals surface area (Å²) in [6.45, 7) is 4.43. The van der Waals surface area contributed by atoms with Gasteiger partial charge in [-0.2, -0.15) is 0 Å². The monoisotopic (exact) mass is 339 g/mol. The van der Waals surface area contributed by atoms with E-state index in [1.54, 1.807) is 6.92 Å². The van der Waals surface area contributed by atoms with Crippen LogP contribution in [0.3, 0.4) is 0 Å². The first-order valence-corrected chi connectivity index (χ1v) is 7.84. The van der Waals surface area contributed by atoms with Crippen LogP contribution in [0.4, 0.5) is 5.69 Å². The average molecular weight is 340 g/mol. The Kier molecular flexibility index (Phi) is 5.43. The molecule has 4 nitrogen and oxygen atoms in total. The molecule has 2 rings (SSSR count). The standard InChI is InChI=1S/C15H22BrN3O/c1-11(20)18-13-5-7-19(8-6-13)14-4-3-12(10-17-2)15(16)9-14/h3-4,9,13,17H,5-8,10H2,1-2H3,(H,18,20). The first kappa shape index (κ1) is 15.3. The number of rotatable bonds is 4. The number of nitrogens with zero attached hydrogens (tertiary/aromatic N) is 1.